The summed E-state index contributed by atoms with van der Waals surface area (Å²) in [5.41, 5.74) is 1.26. The summed E-state index contributed by atoms with van der Waals surface area (Å²) in [7, 11) is 0. The molecule has 0 radical (unpaired) electrons. The molecular weight excluding hydrogens is 304 g/mol. The van der Waals surface area contributed by atoms with Gasteiger partial charge in [-0.15, -0.1) is 0 Å². The second-order valence-electron chi connectivity index (χ2n) is 7.07. The summed E-state index contributed by atoms with van der Waals surface area (Å²) >= 11 is 0. The van der Waals surface area contributed by atoms with Gasteiger partial charge in [-0.3, -0.25) is 19.6 Å². The maximum atomic E-state index is 12.6. The van der Waals surface area contributed by atoms with Crippen LogP contribution in [0.3, 0.4) is 0 Å². The summed E-state index contributed by atoms with van der Waals surface area (Å²) in [6, 6.07) is 4.28. The normalized spacial score (nSPS) is 27.0. The van der Waals surface area contributed by atoms with Crippen molar-refractivity contribution < 1.29 is 9.59 Å². The molecule has 3 aliphatic rings. The monoisotopic (exact) mass is 328 g/mol. The molecule has 1 aromatic rings. The Kier molecular flexibility index (Phi) is 4.00. The molecule has 3 aliphatic heterocycles. The minimum absolute atomic E-state index is 0.0399. The van der Waals surface area contributed by atoms with Crippen LogP contribution >= 0.6 is 0 Å². The quantitative estimate of drug-likeness (QED) is 0.797. The van der Waals surface area contributed by atoms with Crippen molar-refractivity contribution in [1.82, 2.24) is 19.7 Å². The van der Waals surface area contributed by atoms with Crippen molar-refractivity contribution >= 4 is 11.9 Å². The Labute approximate surface area is 142 Å². The highest BCUT2D eigenvalue weighted by molar-refractivity contribution is 6.04. The van der Waals surface area contributed by atoms with Crippen molar-refractivity contribution in [2.75, 3.05) is 19.6 Å². The minimum atomic E-state index is -0.175. The Balaban J connectivity index is 1.40. The van der Waals surface area contributed by atoms with Crippen LogP contribution < -0.4 is 0 Å². The van der Waals surface area contributed by atoms with E-state index in [4.69, 9.17) is 0 Å². The summed E-state index contributed by atoms with van der Waals surface area (Å²) in [5, 5.41) is 0. The molecule has 24 heavy (non-hydrogen) atoms. The molecule has 6 heteroatoms. The van der Waals surface area contributed by atoms with Gasteiger partial charge < -0.3 is 4.90 Å². The van der Waals surface area contributed by atoms with Crippen molar-refractivity contribution in [2.24, 2.45) is 0 Å². The Morgan fingerprint density at radius 2 is 1.79 bits per heavy atom. The summed E-state index contributed by atoms with van der Waals surface area (Å²) in [6.45, 7) is 4.77. The lowest BCUT2D eigenvalue weighted by molar-refractivity contribution is -0.130. The van der Waals surface area contributed by atoms with E-state index in [0.29, 0.717) is 6.04 Å². The second-order valence-corrected chi connectivity index (χ2v) is 7.07. The van der Waals surface area contributed by atoms with Gasteiger partial charge in [-0.25, -0.2) is 4.79 Å². The molecule has 1 aromatic heterocycles. The van der Waals surface area contributed by atoms with Crippen LogP contribution in [-0.2, 0) is 4.79 Å². The smallest absolute Gasteiger partial charge is 0.312 e. The largest absolute Gasteiger partial charge is 0.327 e. The lowest BCUT2D eigenvalue weighted by Crippen LogP contribution is -2.48. The average molecular weight is 328 g/mol. The molecule has 0 aliphatic carbocycles. The van der Waals surface area contributed by atoms with Crippen LogP contribution in [0.1, 0.15) is 44.2 Å². The molecule has 1 unspecified atom stereocenters. The van der Waals surface area contributed by atoms with Crippen molar-refractivity contribution in [3.63, 3.8) is 0 Å². The van der Waals surface area contributed by atoms with Crippen LogP contribution in [0.4, 0.5) is 4.79 Å². The van der Waals surface area contributed by atoms with Crippen molar-refractivity contribution in [3.8, 4) is 0 Å². The Morgan fingerprint density at radius 1 is 1.08 bits per heavy atom. The number of piperidine rings is 1. The number of nitrogens with zero attached hydrogens (tertiary/aromatic N) is 4. The van der Waals surface area contributed by atoms with Crippen LogP contribution in [0.15, 0.2) is 24.5 Å². The van der Waals surface area contributed by atoms with Crippen LogP contribution in [-0.4, -0.2) is 63.3 Å². The van der Waals surface area contributed by atoms with Gasteiger partial charge >= 0.3 is 6.03 Å². The minimum Gasteiger partial charge on any atom is -0.312 e. The van der Waals surface area contributed by atoms with Gasteiger partial charge in [-0.1, -0.05) is 0 Å². The van der Waals surface area contributed by atoms with Gasteiger partial charge in [0, 0.05) is 44.1 Å². The average Bonchev–Trinajstić information content (AvgIpc) is 3.20. The number of likely N-dealkylation sites (tertiary alicyclic amines) is 1. The van der Waals surface area contributed by atoms with Crippen LogP contribution in [0.25, 0.3) is 0 Å². The molecule has 0 aromatic carbocycles. The number of carbonyl (C=O) groups excluding carboxylic acids is 2. The van der Waals surface area contributed by atoms with Gasteiger partial charge in [-0.2, -0.15) is 0 Å². The van der Waals surface area contributed by atoms with E-state index in [2.05, 4.69) is 28.9 Å². The van der Waals surface area contributed by atoms with Crippen molar-refractivity contribution in [1.29, 1.82) is 0 Å². The zero-order valence-corrected chi connectivity index (χ0v) is 14.1. The Bertz CT molecular complexity index is 605. The van der Waals surface area contributed by atoms with Crippen LogP contribution in [0.2, 0.25) is 0 Å². The number of fused-ring (bicyclic) bond motifs is 1. The molecule has 0 bridgehead atoms. The lowest BCUT2D eigenvalue weighted by atomic mass is 9.99. The van der Waals surface area contributed by atoms with E-state index < -0.39 is 0 Å². The van der Waals surface area contributed by atoms with E-state index in [-0.39, 0.29) is 24.0 Å². The number of imide groups is 1. The number of hydrogen-bond acceptors (Lipinski definition) is 4. The molecule has 2 atom stereocenters. The fourth-order valence-electron chi connectivity index (χ4n) is 4.37. The third kappa shape index (κ3) is 2.49. The van der Waals surface area contributed by atoms with E-state index in [1.54, 1.807) is 9.80 Å². The number of hydrogen-bond donors (Lipinski definition) is 0. The standard InChI is InChI=1S/C18H24N4O2/c1-13(14-4-8-19-9-5-14)20-11-6-15(7-12-20)22-17(23)16-3-2-10-21(16)18(22)24/h4-5,8-9,13,15-16H,2-3,6-7,10-12H2,1H3/t13?,16-/m1/s1. The summed E-state index contributed by atoms with van der Waals surface area (Å²) in [6.07, 6.45) is 7.18. The van der Waals surface area contributed by atoms with Crippen molar-refractivity contribution in [3.05, 3.63) is 30.1 Å². The number of amides is 3. The molecule has 3 saturated heterocycles. The van der Waals surface area contributed by atoms with Gasteiger partial charge in [0.15, 0.2) is 0 Å². The highest BCUT2D eigenvalue weighted by Gasteiger charge is 2.50. The van der Waals surface area contributed by atoms with Gasteiger partial charge in [0.1, 0.15) is 6.04 Å². The number of rotatable bonds is 3. The fraction of sp³-hybridized carbons (Fsp3) is 0.611. The maximum Gasteiger partial charge on any atom is 0.327 e. The number of aromatic nitrogens is 1. The molecule has 4 heterocycles. The predicted molar refractivity (Wildman–Crippen MR) is 89.2 cm³/mol. The molecule has 0 saturated carbocycles. The highest BCUT2D eigenvalue weighted by atomic mass is 16.2. The first-order valence-electron chi connectivity index (χ1n) is 8.94. The number of pyridine rings is 1. The second kappa shape index (κ2) is 6.16. The third-order valence-electron chi connectivity index (χ3n) is 5.83. The van der Waals surface area contributed by atoms with E-state index in [1.807, 2.05) is 12.4 Å². The summed E-state index contributed by atoms with van der Waals surface area (Å²) < 4.78 is 0. The molecule has 3 amide bonds. The number of urea groups is 1. The predicted octanol–water partition coefficient (Wildman–Crippen LogP) is 2.03. The van der Waals surface area contributed by atoms with Gasteiger partial charge in [-0.05, 0) is 50.3 Å². The first-order valence-corrected chi connectivity index (χ1v) is 8.94. The molecule has 128 valence electrons. The van der Waals surface area contributed by atoms with Gasteiger partial charge in [0.2, 0.25) is 0 Å². The zero-order valence-electron chi connectivity index (χ0n) is 14.1. The first kappa shape index (κ1) is 15.6. The topological polar surface area (TPSA) is 56.8 Å². The molecule has 0 N–H and O–H groups in total. The molecule has 0 spiro atoms. The van der Waals surface area contributed by atoms with Crippen LogP contribution in [0, 0.1) is 0 Å². The molecule has 6 nitrogen and oxygen atoms in total. The summed E-state index contributed by atoms with van der Waals surface area (Å²) in [5.74, 6) is 0.0399. The Morgan fingerprint density at radius 3 is 2.46 bits per heavy atom. The molecule has 3 fully saturated rings. The van der Waals surface area contributed by atoms with E-state index in [9.17, 15) is 9.59 Å². The third-order valence-corrected chi connectivity index (χ3v) is 5.83. The van der Waals surface area contributed by atoms with E-state index >= 15 is 0 Å². The van der Waals surface area contributed by atoms with E-state index in [0.717, 1.165) is 45.3 Å². The number of carbonyl (C=O) groups is 2. The first-order chi connectivity index (χ1) is 11.7. The molecule has 4 rings (SSSR count). The lowest BCUT2D eigenvalue weighted by Gasteiger charge is -2.38. The van der Waals surface area contributed by atoms with Crippen LogP contribution in [0.5, 0.6) is 0 Å². The summed E-state index contributed by atoms with van der Waals surface area (Å²) in [4.78, 5) is 35.0. The van der Waals surface area contributed by atoms with Gasteiger partial charge in [0.05, 0.1) is 0 Å². The zero-order chi connectivity index (χ0) is 16.7. The SMILES string of the molecule is CC(c1ccncc1)N1CCC(N2C(=O)[C@H]3CCCN3C2=O)CC1. The highest BCUT2D eigenvalue weighted by Crippen LogP contribution is 2.32. The van der Waals surface area contributed by atoms with Crippen molar-refractivity contribution in [2.45, 2.75) is 50.7 Å². The van der Waals surface area contributed by atoms with Gasteiger partial charge in [0.25, 0.3) is 5.91 Å². The fourth-order valence-corrected chi connectivity index (χ4v) is 4.37. The Hall–Kier alpha value is -1.95. The van der Waals surface area contributed by atoms with E-state index in [1.165, 1.54) is 5.56 Å². The maximum absolute atomic E-state index is 12.6. The molecular formula is C18H24N4O2.